The summed E-state index contributed by atoms with van der Waals surface area (Å²) in [6, 6.07) is 1.98. The Balaban J connectivity index is 2.50. The fourth-order valence-corrected chi connectivity index (χ4v) is 2.03. The summed E-state index contributed by atoms with van der Waals surface area (Å²) in [7, 11) is 0. The maximum absolute atomic E-state index is 4.45. The summed E-state index contributed by atoms with van der Waals surface area (Å²) in [5.41, 5.74) is 0. The summed E-state index contributed by atoms with van der Waals surface area (Å²) in [6.07, 6.45) is 7.06. The van der Waals surface area contributed by atoms with Crippen LogP contribution in [-0.2, 0) is 0 Å². The third kappa shape index (κ3) is 5.58. The number of hydrogen-bond acceptors (Lipinski definition) is 5. The molecule has 0 radical (unpaired) electrons. The van der Waals surface area contributed by atoms with E-state index in [1.54, 1.807) is 11.8 Å². The van der Waals surface area contributed by atoms with Crippen LogP contribution in [0.1, 0.15) is 39.5 Å². The van der Waals surface area contributed by atoms with E-state index in [2.05, 4.69) is 34.4 Å². The van der Waals surface area contributed by atoms with Crippen LogP contribution in [0.4, 0.5) is 11.6 Å². The zero-order chi connectivity index (χ0) is 13.2. The van der Waals surface area contributed by atoms with E-state index in [9.17, 15) is 0 Å². The molecule has 0 bridgehead atoms. The van der Waals surface area contributed by atoms with Gasteiger partial charge in [0.05, 0.1) is 0 Å². The lowest BCUT2D eigenvalue weighted by atomic mass is 10.2. The molecule has 0 aromatic carbocycles. The number of anilines is 2. The van der Waals surface area contributed by atoms with E-state index in [4.69, 9.17) is 0 Å². The Kier molecular flexibility index (Phi) is 7.57. The second kappa shape index (κ2) is 9.03. The Morgan fingerprint density at radius 2 is 1.78 bits per heavy atom. The van der Waals surface area contributed by atoms with E-state index in [0.717, 1.165) is 29.9 Å². The standard InChI is InChI=1S/C13H24N4S/c1-4-6-7-8-9-15-12-10-11(14-5-2)16-13(17-12)18-3/h10H,4-9H2,1-3H3,(H2,14,15,16,17). The molecule has 1 heterocycles. The predicted octanol–water partition coefficient (Wildman–Crippen LogP) is 3.62. The predicted molar refractivity (Wildman–Crippen MR) is 80.6 cm³/mol. The summed E-state index contributed by atoms with van der Waals surface area (Å²) in [6.45, 7) is 6.15. The average molecular weight is 268 g/mol. The number of aromatic nitrogens is 2. The van der Waals surface area contributed by atoms with Crippen LogP contribution < -0.4 is 10.6 Å². The van der Waals surface area contributed by atoms with Gasteiger partial charge in [-0.1, -0.05) is 37.9 Å². The van der Waals surface area contributed by atoms with E-state index < -0.39 is 0 Å². The van der Waals surface area contributed by atoms with Crippen LogP contribution >= 0.6 is 11.8 Å². The monoisotopic (exact) mass is 268 g/mol. The van der Waals surface area contributed by atoms with Crippen molar-refractivity contribution in [2.24, 2.45) is 0 Å². The summed E-state index contributed by atoms with van der Waals surface area (Å²) in [4.78, 5) is 8.85. The van der Waals surface area contributed by atoms with Gasteiger partial charge in [-0.2, -0.15) is 0 Å². The molecule has 1 aromatic rings. The van der Waals surface area contributed by atoms with Crippen LogP contribution in [0.5, 0.6) is 0 Å². The Labute approximate surface area is 114 Å². The normalized spacial score (nSPS) is 10.4. The molecule has 0 saturated carbocycles. The van der Waals surface area contributed by atoms with Crippen molar-refractivity contribution in [3.05, 3.63) is 6.07 Å². The minimum Gasteiger partial charge on any atom is -0.370 e. The lowest BCUT2D eigenvalue weighted by Gasteiger charge is -2.09. The van der Waals surface area contributed by atoms with Crippen molar-refractivity contribution in [2.45, 2.75) is 44.7 Å². The van der Waals surface area contributed by atoms with E-state index in [1.807, 2.05) is 12.3 Å². The van der Waals surface area contributed by atoms with Crippen molar-refractivity contribution in [3.8, 4) is 0 Å². The fourth-order valence-electron chi connectivity index (χ4n) is 1.65. The Morgan fingerprint density at radius 1 is 1.06 bits per heavy atom. The fraction of sp³-hybridized carbons (Fsp3) is 0.692. The van der Waals surface area contributed by atoms with E-state index in [1.165, 1.54) is 25.7 Å². The Morgan fingerprint density at radius 3 is 2.39 bits per heavy atom. The lowest BCUT2D eigenvalue weighted by molar-refractivity contribution is 0.684. The summed E-state index contributed by atoms with van der Waals surface area (Å²) in [5, 5.41) is 7.41. The molecular formula is C13H24N4S. The molecule has 0 aliphatic heterocycles. The zero-order valence-corrected chi connectivity index (χ0v) is 12.4. The van der Waals surface area contributed by atoms with Crippen LogP contribution in [0.15, 0.2) is 11.2 Å². The van der Waals surface area contributed by atoms with E-state index >= 15 is 0 Å². The SMILES string of the molecule is CCCCCCNc1cc(NCC)nc(SC)n1. The van der Waals surface area contributed by atoms with Gasteiger partial charge in [-0.25, -0.2) is 9.97 Å². The number of thioether (sulfide) groups is 1. The molecule has 0 amide bonds. The third-order valence-corrected chi connectivity index (χ3v) is 3.13. The van der Waals surface area contributed by atoms with Crippen LogP contribution in [0.2, 0.25) is 0 Å². The van der Waals surface area contributed by atoms with Crippen LogP contribution in [0, 0.1) is 0 Å². The zero-order valence-electron chi connectivity index (χ0n) is 11.6. The summed E-state index contributed by atoms with van der Waals surface area (Å²) < 4.78 is 0. The van der Waals surface area contributed by atoms with Crippen molar-refractivity contribution in [1.82, 2.24) is 9.97 Å². The third-order valence-electron chi connectivity index (χ3n) is 2.58. The number of nitrogens with zero attached hydrogens (tertiary/aromatic N) is 2. The first kappa shape index (κ1) is 15.1. The van der Waals surface area contributed by atoms with E-state index in [-0.39, 0.29) is 0 Å². The molecule has 0 atom stereocenters. The topological polar surface area (TPSA) is 49.8 Å². The second-order valence-electron chi connectivity index (χ2n) is 4.14. The first-order valence-corrected chi connectivity index (χ1v) is 7.93. The van der Waals surface area contributed by atoms with Gasteiger partial charge in [0.2, 0.25) is 0 Å². The van der Waals surface area contributed by atoms with Gasteiger partial charge in [-0.15, -0.1) is 0 Å². The second-order valence-corrected chi connectivity index (χ2v) is 4.92. The van der Waals surface area contributed by atoms with E-state index in [0.29, 0.717) is 0 Å². The first-order valence-electron chi connectivity index (χ1n) is 6.71. The van der Waals surface area contributed by atoms with Gasteiger partial charge in [0.1, 0.15) is 11.6 Å². The molecule has 0 aliphatic carbocycles. The molecule has 0 aliphatic rings. The van der Waals surface area contributed by atoms with Crippen LogP contribution in [-0.4, -0.2) is 29.3 Å². The highest BCUT2D eigenvalue weighted by Crippen LogP contribution is 2.17. The Hall–Kier alpha value is -0.970. The van der Waals surface area contributed by atoms with Crippen molar-refractivity contribution in [2.75, 3.05) is 30.0 Å². The van der Waals surface area contributed by atoms with Crippen molar-refractivity contribution >= 4 is 23.4 Å². The number of rotatable bonds is 9. The van der Waals surface area contributed by atoms with Crippen molar-refractivity contribution in [1.29, 1.82) is 0 Å². The van der Waals surface area contributed by atoms with Gasteiger partial charge >= 0.3 is 0 Å². The van der Waals surface area contributed by atoms with Gasteiger partial charge in [-0.05, 0) is 19.6 Å². The molecule has 5 heteroatoms. The molecule has 0 spiro atoms. The molecule has 1 aromatic heterocycles. The highest BCUT2D eigenvalue weighted by atomic mass is 32.2. The van der Waals surface area contributed by atoms with Gasteiger partial charge in [0.25, 0.3) is 0 Å². The minimum absolute atomic E-state index is 0.810. The Bertz CT molecular complexity index is 344. The summed E-state index contributed by atoms with van der Waals surface area (Å²) >= 11 is 1.57. The maximum Gasteiger partial charge on any atom is 0.191 e. The molecule has 0 saturated heterocycles. The maximum atomic E-state index is 4.45. The first-order chi connectivity index (χ1) is 8.80. The van der Waals surface area contributed by atoms with Crippen molar-refractivity contribution < 1.29 is 0 Å². The van der Waals surface area contributed by atoms with Gasteiger partial charge in [0.15, 0.2) is 5.16 Å². The molecule has 4 nitrogen and oxygen atoms in total. The highest BCUT2D eigenvalue weighted by Gasteiger charge is 2.02. The number of hydrogen-bond donors (Lipinski definition) is 2. The molecule has 2 N–H and O–H groups in total. The van der Waals surface area contributed by atoms with Gasteiger partial charge < -0.3 is 10.6 Å². The molecule has 1 rings (SSSR count). The number of nitrogens with one attached hydrogen (secondary N) is 2. The lowest BCUT2D eigenvalue weighted by Crippen LogP contribution is -2.07. The molecule has 18 heavy (non-hydrogen) atoms. The largest absolute Gasteiger partial charge is 0.370 e. The van der Waals surface area contributed by atoms with Gasteiger partial charge in [-0.3, -0.25) is 0 Å². The highest BCUT2D eigenvalue weighted by molar-refractivity contribution is 7.98. The van der Waals surface area contributed by atoms with Crippen LogP contribution in [0.25, 0.3) is 0 Å². The molecular weight excluding hydrogens is 244 g/mol. The molecule has 102 valence electrons. The van der Waals surface area contributed by atoms with Crippen LogP contribution in [0.3, 0.4) is 0 Å². The smallest absolute Gasteiger partial charge is 0.191 e. The quantitative estimate of drug-likeness (QED) is 0.407. The average Bonchev–Trinajstić information content (AvgIpc) is 2.38. The molecule has 0 unspecified atom stereocenters. The van der Waals surface area contributed by atoms with Crippen molar-refractivity contribution in [3.63, 3.8) is 0 Å². The number of unbranched alkanes of at least 4 members (excludes halogenated alkanes) is 3. The molecule has 0 fully saturated rings. The summed E-state index contributed by atoms with van der Waals surface area (Å²) in [5.74, 6) is 1.81. The minimum atomic E-state index is 0.810. The van der Waals surface area contributed by atoms with Gasteiger partial charge in [0, 0.05) is 19.2 Å².